The molecule has 114 valence electrons. The lowest BCUT2D eigenvalue weighted by Crippen LogP contribution is -2.46. The Balaban J connectivity index is 2.93. The van der Waals surface area contributed by atoms with E-state index in [0.717, 1.165) is 0 Å². The van der Waals surface area contributed by atoms with Gasteiger partial charge in [0.1, 0.15) is 6.04 Å². The first kappa shape index (κ1) is 16.6. The fraction of sp³-hybridized carbons (Fsp3) is 0.429. The van der Waals surface area contributed by atoms with Gasteiger partial charge in [-0.2, -0.15) is 0 Å². The lowest BCUT2D eigenvalue weighted by Gasteiger charge is -2.20. The average molecular weight is 293 g/mol. The first-order valence-electron chi connectivity index (χ1n) is 6.55. The normalized spacial score (nSPS) is 11.9. The summed E-state index contributed by atoms with van der Waals surface area (Å²) in [6, 6.07) is 3.77. The van der Waals surface area contributed by atoms with Gasteiger partial charge in [0.05, 0.1) is 4.92 Å². The summed E-state index contributed by atoms with van der Waals surface area (Å²) in [5.74, 6) is -0.813. The Morgan fingerprint density at radius 2 is 1.90 bits per heavy atom. The molecule has 0 heterocycles. The lowest BCUT2D eigenvalue weighted by atomic mass is 10.0. The Kier molecular flexibility index (Phi) is 5.40. The van der Waals surface area contributed by atoms with Crippen molar-refractivity contribution in [3.05, 3.63) is 33.9 Å². The highest BCUT2D eigenvalue weighted by Gasteiger charge is 2.23. The monoisotopic (exact) mass is 293 g/mol. The summed E-state index contributed by atoms with van der Waals surface area (Å²) in [6.07, 6.45) is 0. The lowest BCUT2D eigenvalue weighted by molar-refractivity contribution is -0.385. The van der Waals surface area contributed by atoms with Gasteiger partial charge >= 0.3 is 0 Å². The standard InChI is InChI=1S/C14H19N3O4/c1-8(2)13(15-10(4)18)14(19)16-11-6-5-9(3)12(7-11)17(20)21/h5-8,13H,1-4H3,(H,15,18)(H,16,19)/t13-/m1/s1. The van der Waals surface area contributed by atoms with Gasteiger partial charge in [0.25, 0.3) is 5.69 Å². The fourth-order valence-electron chi connectivity index (χ4n) is 1.86. The molecule has 1 rings (SSSR count). The number of carbonyl (C=O) groups excluding carboxylic acids is 2. The van der Waals surface area contributed by atoms with Crippen LogP contribution >= 0.6 is 0 Å². The largest absolute Gasteiger partial charge is 0.344 e. The first-order chi connectivity index (χ1) is 9.72. The smallest absolute Gasteiger partial charge is 0.274 e. The molecule has 7 heteroatoms. The van der Waals surface area contributed by atoms with Crippen LogP contribution in [0.1, 0.15) is 26.3 Å². The molecule has 2 amide bonds. The van der Waals surface area contributed by atoms with Gasteiger partial charge < -0.3 is 10.6 Å². The molecule has 0 unspecified atom stereocenters. The van der Waals surface area contributed by atoms with Gasteiger partial charge in [0.2, 0.25) is 11.8 Å². The summed E-state index contributed by atoms with van der Waals surface area (Å²) in [6.45, 7) is 6.56. The quantitative estimate of drug-likeness (QED) is 0.640. The van der Waals surface area contributed by atoms with Gasteiger partial charge in [0.15, 0.2) is 0 Å². The summed E-state index contributed by atoms with van der Waals surface area (Å²) in [5.41, 5.74) is 0.780. The summed E-state index contributed by atoms with van der Waals surface area (Å²) in [4.78, 5) is 33.7. The van der Waals surface area contributed by atoms with E-state index in [4.69, 9.17) is 0 Å². The second-order valence-corrected chi connectivity index (χ2v) is 5.17. The van der Waals surface area contributed by atoms with Crippen molar-refractivity contribution >= 4 is 23.2 Å². The minimum atomic E-state index is -0.692. The third-order valence-electron chi connectivity index (χ3n) is 2.98. The maximum atomic E-state index is 12.2. The maximum absolute atomic E-state index is 12.2. The Morgan fingerprint density at radius 3 is 2.38 bits per heavy atom. The number of hydrogen-bond donors (Lipinski definition) is 2. The third kappa shape index (κ3) is 4.55. The van der Waals surface area contributed by atoms with Crippen molar-refractivity contribution in [1.29, 1.82) is 0 Å². The summed E-state index contributed by atoms with van der Waals surface area (Å²) in [7, 11) is 0. The molecule has 0 aliphatic heterocycles. The number of nitro groups is 1. The average Bonchev–Trinajstić information content (AvgIpc) is 2.37. The highest BCUT2D eigenvalue weighted by molar-refractivity contribution is 5.97. The summed E-state index contributed by atoms with van der Waals surface area (Å²) >= 11 is 0. The molecular formula is C14H19N3O4. The van der Waals surface area contributed by atoms with Crippen LogP contribution in [0.3, 0.4) is 0 Å². The molecule has 1 aromatic carbocycles. The van der Waals surface area contributed by atoms with Gasteiger partial charge in [-0.1, -0.05) is 19.9 Å². The van der Waals surface area contributed by atoms with Crippen LogP contribution in [0.4, 0.5) is 11.4 Å². The Morgan fingerprint density at radius 1 is 1.29 bits per heavy atom. The van der Waals surface area contributed by atoms with Crippen LogP contribution in [0.15, 0.2) is 18.2 Å². The SMILES string of the molecule is CC(=O)N[C@@H](C(=O)Nc1ccc(C)c([N+](=O)[O-])c1)C(C)C. The van der Waals surface area contributed by atoms with E-state index in [-0.39, 0.29) is 17.5 Å². The highest BCUT2D eigenvalue weighted by Crippen LogP contribution is 2.22. The highest BCUT2D eigenvalue weighted by atomic mass is 16.6. The maximum Gasteiger partial charge on any atom is 0.274 e. The molecule has 0 aromatic heterocycles. The van der Waals surface area contributed by atoms with Crippen LogP contribution < -0.4 is 10.6 Å². The predicted molar refractivity (Wildman–Crippen MR) is 78.9 cm³/mol. The zero-order chi connectivity index (χ0) is 16.2. The third-order valence-corrected chi connectivity index (χ3v) is 2.98. The molecule has 0 saturated carbocycles. The van der Waals surface area contributed by atoms with Crippen LogP contribution in [0.2, 0.25) is 0 Å². The molecule has 2 N–H and O–H groups in total. The molecule has 0 spiro atoms. The van der Waals surface area contributed by atoms with Gasteiger partial charge in [-0.25, -0.2) is 0 Å². The van der Waals surface area contributed by atoms with Crippen LogP contribution in [-0.4, -0.2) is 22.8 Å². The Bertz CT molecular complexity index is 569. The number of nitrogens with zero attached hydrogens (tertiary/aromatic N) is 1. The Labute approximate surface area is 122 Å². The van der Waals surface area contributed by atoms with Crippen LogP contribution in [-0.2, 0) is 9.59 Å². The number of nitrogens with one attached hydrogen (secondary N) is 2. The van der Waals surface area contributed by atoms with Gasteiger partial charge in [0, 0.05) is 24.2 Å². The van der Waals surface area contributed by atoms with Crippen LogP contribution in [0, 0.1) is 23.0 Å². The number of aryl methyl sites for hydroxylation is 1. The van der Waals surface area contributed by atoms with Gasteiger partial charge in [-0.3, -0.25) is 19.7 Å². The van der Waals surface area contributed by atoms with Crippen molar-refractivity contribution in [2.45, 2.75) is 33.7 Å². The number of carbonyl (C=O) groups is 2. The summed E-state index contributed by atoms with van der Waals surface area (Å²) < 4.78 is 0. The molecule has 0 saturated heterocycles. The number of anilines is 1. The number of benzene rings is 1. The summed E-state index contributed by atoms with van der Waals surface area (Å²) in [5, 5.41) is 16.0. The van der Waals surface area contributed by atoms with Crippen molar-refractivity contribution in [1.82, 2.24) is 5.32 Å². The minimum absolute atomic E-state index is 0.0616. The molecule has 0 bridgehead atoms. The van der Waals surface area contributed by atoms with Gasteiger partial charge in [-0.05, 0) is 18.9 Å². The minimum Gasteiger partial charge on any atom is -0.344 e. The Hall–Kier alpha value is -2.44. The molecular weight excluding hydrogens is 274 g/mol. The van der Waals surface area contributed by atoms with Crippen molar-refractivity contribution in [2.75, 3.05) is 5.32 Å². The number of hydrogen-bond acceptors (Lipinski definition) is 4. The number of amides is 2. The van der Waals surface area contributed by atoms with E-state index < -0.39 is 16.9 Å². The fourth-order valence-corrected chi connectivity index (χ4v) is 1.86. The van der Waals surface area contributed by atoms with E-state index in [9.17, 15) is 19.7 Å². The van der Waals surface area contributed by atoms with Gasteiger partial charge in [-0.15, -0.1) is 0 Å². The van der Waals surface area contributed by atoms with E-state index in [0.29, 0.717) is 11.3 Å². The number of nitro benzene ring substituents is 1. The second-order valence-electron chi connectivity index (χ2n) is 5.17. The van der Waals surface area contributed by atoms with E-state index in [1.165, 1.54) is 13.0 Å². The van der Waals surface area contributed by atoms with Crippen molar-refractivity contribution in [3.8, 4) is 0 Å². The zero-order valence-corrected chi connectivity index (χ0v) is 12.5. The van der Waals surface area contributed by atoms with E-state index >= 15 is 0 Å². The first-order valence-corrected chi connectivity index (χ1v) is 6.55. The van der Waals surface area contributed by atoms with Crippen molar-refractivity contribution in [2.24, 2.45) is 5.92 Å². The predicted octanol–water partition coefficient (Wildman–Crippen LogP) is 2.00. The topological polar surface area (TPSA) is 101 Å². The molecule has 0 aliphatic carbocycles. The van der Waals surface area contributed by atoms with E-state index in [1.807, 2.05) is 0 Å². The molecule has 1 aromatic rings. The molecule has 1 atom stereocenters. The number of rotatable bonds is 5. The van der Waals surface area contributed by atoms with Crippen LogP contribution in [0.25, 0.3) is 0 Å². The van der Waals surface area contributed by atoms with Crippen LogP contribution in [0.5, 0.6) is 0 Å². The molecule has 21 heavy (non-hydrogen) atoms. The van der Waals surface area contributed by atoms with Crippen molar-refractivity contribution in [3.63, 3.8) is 0 Å². The van der Waals surface area contributed by atoms with E-state index in [1.54, 1.807) is 32.9 Å². The molecule has 0 radical (unpaired) electrons. The zero-order valence-electron chi connectivity index (χ0n) is 12.5. The van der Waals surface area contributed by atoms with E-state index in [2.05, 4.69) is 10.6 Å². The van der Waals surface area contributed by atoms with Crippen molar-refractivity contribution < 1.29 is 14.5 Å². The molecule has 7 nitrogen and oxygen atoms in total. The second kappa shape index (κ2) is 6.83. The molecule has 0 fully saturated rings. The molecule has 0 aliphatic rings.